The van der Waals surface area contributed by atoms with Crippen LogP contribution in [0.4, 0.5) is 24.8 Å². The minimum absolute atomic E-state index is 0.0655. The first-order valence-electron chi connectivity index (χ1n) is 13.0. The largest absolute Gasteiger partial charge is 0.497 e. The van der Waals surface area contributed by atoms with Crippen LogP contribution in [0.25, 0.3) is 22.2 Å². The van der Waals surface area contributed by atoms with Gasteiger partial charge >= 0.3 is 6.18 Å². The number of rotatable bonds is 7. The monoisotopic (exact) mass is 572 g/mol. The normalized spacial score (nSPS) is 11.4. The fourth-order valence-electron chi connectivity index (χ4n) is 4.60. The molecule has 214 valence electrons. The molecule has 0 aliphatic rings. The van der Waals surface area contributed by atoms with Crippen molar-refractivity contribution in [3.05, 3.63) is 101 Å². The topological polar surface area (TPSA) is 93.1 Å². The van der Waals surface area contributed by atoms with Crippen molar-refractivity contribution < 1.29 is 22.7 Å². The van der Waals surface area contributed by atoms with E-state index in [0.29, 0.717) is 40.5 Å². The molecule has 3 heterocycles. The van der Waals surface area contributed by atoms with Gasteiger partial charge < -0.3 is 15.0 Å². The summed E-state index contributed by atoms with van der Waals surface area (Å²) in [6, 6.07) is 14.9. The molecule has 1 amide bonds. The lowest BCUT2D eigenvalue weighted by molar-refractivity contribution is -0.138. The van der Waals surface area contributed by atoms with E-state index in [1.165, 1.54) is 25.3 Å². The van der Waals surface area contributed by atoms with Crippen LogP contribution in [-0.2, 0) is 12.7 Å². The first-order valence-corrected chi connectivity index (χ1v) is 13.0. The second-order valence-electron chi connectivity index (χ2n) is 9.80. The Labute approximate surface area is 240 Å². The molecule has 0 saturated carbocycles. The van der Waals surface area contributed by atoms with Gasteiger partial charge in [-0.1, -0.05) is 18.2 Å². The first-order chi connectivity index (χ1) is 20.0. The summed E-state index contributed by atoms with van der Waals surface area (Å²) in [6.07, 6.45) is 0.263. The highest BCUT2D eigenvalue weighted by molar-refractivity contribution is 6.05. The van der Waals surface area contributed by atoms with Crippen molar-refractivity contribution in [2.24, 2.45) is 0 Å². The number of alkyl halides is 3. The number of carbonyl (C=O) groups is 1. The molecule has 42 heavy (non-hydrogen) atoms. The predicted octanol–water partition coefficient (Wildman–Crippen LogP) is 6.62. The zero-order valence-electron chi connectivity index (χ0n) is 23.3. The molecular formula is C31H27F3N6O2. The van der Waals surface area contributed by atoms with E-state index >= 15 is 0 Å². The second-order valence-corrected chi connectivity index (χ2v) is 9.80. The van der Waals surface area contributed by atoms with Gasteiger partial charge in [-0.15, -0.1) is 0 Å². The number of methoxy groups -OCH3 is 1. The quantitative estimate of drug-likeness (QED) is 0.234. The summed E-state index contributed by atoms with van der Waals surface area (Å²) < 4.78 is 45.2. The number of halogens is 3. The number of nitrogens with one attached hydrogen (secondary N) is 1. The minimum atomic E-state index is -4.56. The summed E-state index contributed by atoms with van der Waals surface area (Å²) in [5.74, 6) is 0.644. The minimum Gasteiger partial charge on any atom is -0.497 e. The van der Waals surface area contributed by atoms with E-state index < -0.39 is 17.6 Å². The van der Waals surface area contributed by atoms with Gasteiger partial charge in [-0.2, -0.15) is 18.2 Å². The smallest absolute Gasteiger partial charge is 0.416 e. The molecule has 1 N–H and O–H groups in total. The van der Waals surface area contributed by atoms with Crippen LogP contribution in [0.1, 0.15) is 32.7 Å². The van der Waals surface area contributed by atoms with Crippen LogP contribution in [0.15, 0.2) is 73.2 Å². The molecule has 0 fully saturated rings. The van der Waals surface area contributed by atoms with Crippen molar-refractivity contribution in [2.45, 2.75) is 26.6 Å². The third-order valence-electron chi connectivity index (χ3n) is 6.88. The van der Waals surface area contributed by atoms with Crippen LogP contribution in [0, 0.1) is 13.8 Å². The van der Waals surface area contributed by atoms with Crippen molar-refractivity contribution in [3.8, 4) is 16.9 Å². The highest BCUT2D eigenvalue weighted by Gasteiger charge is 2.33. The molecule has 11 heteroatoms. The van der Waals surface area contributed by atoms with E-state index in [0.717, 1.165) is 22.9 Å². The van der Waals surface area contributed by atoms with Crippen LogP contribution in [0.2, 0.25) is 0 Å². The van der Waals surface area contributed by atoms with Crippen molar-refractivity contribution in [1.82, 2.24) is 19.9 Å². The molecule has 5 aromatic rings. The van der Waals surface area contributed by atoms with Gasteiger partial charge in [0, 0.05) is 53.8 Å². The Morgan fingerprint density at radius 1 is 0.976 bits per heavy atom. The average Bonchev–Trinajstić information content (AvgIpc) is 2.97. The highest BCUT2D eigenvalue weighted by Crippen LogP contribution is 2.33. The number of anilines is 2. The molecule has 0 aliphatic heterocycles. The number of ether oxygens (including phenoxy) is 1. The van der Waals surface area contributed by atoms with Crippen LogP contribution >= 0.6 is 0 Å². The molecule has 0 aliphatic carbocycles. The standard InChI is InChI=1S/C31H27F3N6O2/c1-18-25(6-5-7-27(18)31(32,33)34)29(41)38-23-13-26(19(2)35-16-23)21-12-22-15-37-30(39-28(22)36-14-21)40(3)17-20-8-10-24(42-4)11-9-20/h5-16H,17H2,1-4H3,(H,38,41). The zero-order chi connectivity index (χ0) is 30.0. The lowest BCUT2D eigenvalue weighted by Gasteiger charge is -2.17. The summed E-state index contributed by atoms with van der Waals surface area (Å²) in [7, 11) is 3.52. The molecule has 5 rings (SSSR count). The third-order valence-corrected chi connectivity index (χ3v) is 6.88. The Kier molecular flexibility index (Phi) is 7.75. The Bertz CT molecular complexity index is 1770. The van der Waals surface area contributed by atoms with Gasteiger partial charge in [0.05, 0.1) is 24.6 Å². The van der Waals surface area contributed by atoms with Crippen LogP contribution in [0.3, 0.4) is 0 Å². The van der Waals surface area contributed by atoms with Crippen LogP contribution < -0.4 is 15.0 Å². The van der Waals surface area contributed by atoms with Crippen molar-refractivity contribution in [1.29, 1.82) is 0 Å². The van der Waals surface area contributed by atoms with Crippen molar-refractivity contribution in [2.75, 3.05) is 24.4 Å². The molecule has 0 atom stereocenters. The summed E-state index contributed by atoms with van der Waals surface area (Å²) in [6.45, 7) is 3.69. The molecule has 2 aromatic carbocycles. The zero-order valence-corrected chi connectivity index (χ0v) is 23.3. The summed E-state index contributed by atoms with van der Waals surface area (Å²) >= 11 is 0. The maximum absolute atomic E-state index is 13.3. The summed E-state index contributed by atoms with van der Waals surface area (Å²) in [4.78, 5) is 32.9. The maximum atomic E-state index is 13.3. The molecule has 0 unspecified atom stereocenters. The maximum Gasteiger partial charge on any atom is 0.416 e. The van der Waals surface area contributed by atoms with Gasteiger partial charge in [-0.3, -0.25) is 9.78 Å². The number of aromatic nitrogens is 4. The SMILES string of the molecule is COc1ccc(CN(C)c2ncc3cc(-c4cc(NC(=O)c5cccc(C(F)(F)F)c5C)cnc4C)cnc3n2)cc1. The Hall–Kier alpha value is -5.06. The number of amides is 1. The van der Waals surface area contributed by atoms with Gasteiger partial charge in [0.1, 0.15) is 5.75 Å². The van der Waals surface area contributed by atoms with Gasteiger partial charge in [-0.25, -0.2) is 9.97 Å². The Balaban J connectivity index is 1.37. The number of nitrogens with zero attached hydrogens (tertiary/aromatic N) is 5. The number of hydrogen-bond acceptors (Lipinski definition) is 7. The van der Waals surface area contributed by atoms with E-state index in [4.69, 9.17) is 4.74 Å². The van der Waals surface area contributed by atoms with E-state index in [2.05, 4.69) is 25.3 Å². The van der Waals surface area contributed by atoms with E-state index in [1.807, 2.05) is 49.2 Å². The average molecular weight is 573 g/mol. The molecule has 0 bridgehead atoms. The van der Waals surface area contributed by atoms with Gasteiger partial charge in [0.15, 0.2) is 5.65 Å². The number of hydrogen-bond donors (Lipinski definition) is 1. The number of aryl methyl sites for hydroxylation is 1. The van der Waals surface area contributed by atoms with Gasteiger partial charge in [0.25, 0.3) is 5.91 Å². The Morgan fingerprint density at radius 2 is 1.74 bits per heavy atom. The van der Waals surface area contributed by atoms with Crippen LogP contribution in [0.5, 0.6) is 5.75 Å². The van der Waals surface area contributed by atoms with Crippen LogP contribution in [-0.4, -0.2) is 40.0 Å². The first kappa shape index (κ1) is 28.5. The fraction of sp³-hybridized carbons (Fsp3) is 0.194. The molecule has 8 nitrogen and oxygen atoms in total. The van der Waals surface area contributed by atoms with E-state index in [-0.39, 0.29) is 11.1 Å². The third kappa shape index (κ3) is 5.99. The number of carbonyl (C=O) groups excluding carboxylic acids is 1. The summed E-state index contributed by atoms with van der Waals surface area (Å²) in [5.41, 5.74) is 2.97. The number of pyridine rings is 2. The highest BCUT2D eigenvalue weighted by atomic mass is 19.4. The predicted molar refractivity (Wildman–Crippen MR) is 155 cm³/mol. The van der Waals surface area contributed by atoms with E-state index in [9.17, 15) is 18.0 Å². The molecular weight excluding hydrogens is 545 g/mol. The van der Waals surface area contributed by atoms with Crippen molar-refractivity contribution >= 4 is 28.6 Å². The van der Waals surface area contributed by atoms with Gasteiger partial charge in [-0.05, 0) is 61.4 Å². The lowest BCUT2D eigenvalue weighted by Crippen LogP contribution is -2.19. The fourth-order valence-corrected chi connectivity index (χ4v) is 4.60. The van der Waals surface area contributed by atoms with Crippen molar-refractivity contribution in [3.63, 3.8) is 0 Å². The van der Waals surface area contributed by atoms with Gasteiger partial charge in [0.2, 0.25) is 5.95 Å². The lowest BCUT2D eigenvalue weighted by atomic mass is 10.0. The van der Waals surface area contributed by atoms with E-state index in [1.54, 1.807) is 25.6 Å². The second kappa shape index (κ2) is 11.4. The molecule has 0 saturated heterocycles. The summed E-state index contributed by atoms with van der Waals surface area (Å²) in [5, 5.41) is 3.38. The molecule has 0 radical (unpaired) electrons. The Morgan fingerprint density at radius 3 is 2.45 bits per heavy atom. The molecule has 3 aromatic heterocycles. The number of fused-ring (bicyclic) bond motifs is 1. The molecule has 0 spiro atoms. The number of benzene rings is 2.